The number of amides is 2. The van der Waals surface area contributed by atoms with Gasteiger partial charge in [0.05, 0.1) is 11.9 Å². The molecule has 1 fully saturated rings. The Morgan fingerprint density at radius 2 is 2.44 bits per heavy atom. The third kappa shape index (κ3) is 2.56. The molecule has 1 aromatic rings. The molecule has 0 aromatic carbocycles. The molecule has 2 rings (SSSR count). The van der Waals surface area contributed by atoms with Crippen molar-refractivity contribution in [3.8, 4) is 0 Å². The van der Waals surface area contributed by atoms with Crippen LogP contribution >= 0.6 is 0 Å². The Kier molecular flexibility index (Phi) is 3.72. The molecule has 0 radical (unpaired) electrons. The number of nitrogens with zero attached hydrogens (tertiary/aromatic N) is 2. The van der Waals surface area contributed by atoms with E-state index in [1.54, 1.807) is 23.4 Å². The van der Waals surface area contributed by atoms with Gasteiger partial charge in [-0.25, -0.2) is 0 Å². The van der Waals surface area contributed by atoms with Crippen molar-refractivity contribution in [3.63, 3.8) is 0 Å². The van der Waals surface area contributed by atoms with E-state index in [-0.39, 0.29) is 11.8 Å². The summed E-state index contributed by atoms with van der Waals surface area (Å²) < 4.78 is 0. The number of hydrogen-bond acceptors (Lipinski definition) is 3. The molecule has 0 spiro atoms. The van der Waals surface area contributed by atoms with Crippen LogP contribution in [0.2, 0.25) is 0 Å². The number of carbonyl (C=O) groups excluding carboxylic acids is 2. The lowest BCUT2D eigenvalue weighted by Crippen LogP contribution is -2.52. The quantitative estimate of drug-likeness (QED) is 0.804. The highest BCUT2D eigenvalue weighted by Crippen LogP contribution is 2.19. The standard InChI is InChI=1S/C13H15N3O2/c1-2-12(17)15-11-6-4-8-16(13(11)18)10-5-3-7-14-9-10/h2-3,5,7,9,11H,1,4,6,8H2,(H,15,17). The molecule has 2 amide bonds. The third-order valence-electron chi connectivity index (χ3n) is 2.90. The van der Waals surface area contributed by atoms with Gasteiger partial charge in [-0.3, -0.25) is 14.6 Å². The lowest BCUT2D eigenvalue weighted by atomic mass is 10.0. The average molecular weight is 245 g/mol. The molecule has 1 saturated heterocycles. The second kappa shape index (κ2) is 5.44. The fraction of sp³-hybridized carbons (Fsp3) is 0.308. The van der Waals surface area contributed by atoms with Gasteiger partial charge >= 0.3 is 0 Å². The summed E-state index contributed by atoms with van der Waals surface area (Å²) in [7, 11) is 0. The van der Waals surface area contributed by atoms with Gasteiger partial charge in [-0.1, -0.05) is 6.58 Å². The molecule has 94 valence electrons. The molecule has 18 heavy (non-hydrogen) atoms. The first kappa shape index (κ1) is 12.3. The normalized spacial score (nSPS) is 19.4. The van der Waals surface area contributed by atoms with Crippen LogP contribution in [0.4, 0.5) is 5.69 Å². The number of rotatable bonds is 3. The van der Waals surface area contributed by atoms with Crippen LogP contribution in [0, 0.1) is 0 Å². The topological polar surface area (TPSA) is 62.3 Å². The molecule has 0 saturated carbocycles. The SMILES string of the molecule is C=CC(=O)NC1CCCN(c2cccnc2)C1=O. The highest BCUT2D eigenvalue weighted by molar-refractivity contribution is 6.01. The molecule has 2 heterocycles. The van der Waals surface area contributed by atoms with Crippen molar-refractivity contribution < 1.29 is 9.59 Å². The fourth-order valence-electron chi connectivity index (χ4n) is 2.01. The molecule has 1 atom stereocenters. The van der Waals surface area contributed by atoms with Crippen LogP contribution in [0.1, 0.15) is 12.8 Å². The summed E-state index contributed by atoms with van der Waals surface area (Å²) in [6, 6.07) is 3.15. The molecule has 1 aliphatic heterocycles. The number of pyridine rings is 1. The molecule has 1 unspecified atom stereocenters. The minimum Gasteiger partial charge on any atom is -0.341 e. The monoisotopic (exact) mass is 245 g/mol. The smallest absolute Gasteiger partial charge is 0.249 e. The summed E-state index contributed by atoms with van der Waals surface area (Å²) in [6.07, 6.45) is 6.00. The van der Waals surface area contributed by atoms with Gasteiger partial charge in [0.15, 0.2) is 0 Å². The molecular weight excluding hydrogens is 230 g/mol. The lowest BCUT2D eigenvalue weighted by molar-refractivity contribution is -0.126. The van der Waals surface area contributed by atoms with E-state index in [1.165, 1.54) is 6.08 Å². The average Bonchev–Trinajstić information content (AvgIpc) is 2.42. The largest absolute Gasteiger partial charge is 0.341 e. The maximum Gasteiger partial charge on any atom is 0.249 e. The Balaban J connectivity index is 2.12. The lowest BCUT2D eigenvalue weighted by Gasteiger charge is -2.32. The maximum absolute atomic E-state index is 12.2. The summed E-state index contributed by atoms with van der Waals surface area (Å²) in [5.41, 5.74) is 0.764. The van der Waals surface area contributed by atoms with E-state index in [0.29, 0.717) is 13.0 Å². The third-order valence-corrected chi connectivity index (χ3v) is 2.90. The predicted octanol–water partition coefficient (Wildman–Crippen LogP) is 0.879. The maximum atomic E-state index is 12.2. The van der Waals surface area contributed by atoms with E-state index in [1.807, 2.05) is 6.07 Å². The molecule has 1 aromatic heterocycles. The van der Waals surface area contributed by atoms with E-state index in [4.69, 9.17) is 0 Å². The van der Waals surface area contributed by atoms with Crippen molar-refractivity contribution in [3.05, 3.63) is 37.2 Å². The summed E-state index contributed by atoms with van der Waals surface area (Å²) >= 11 is 0. The zero-order chi connectivity index (χ0) is 13.0. The van der Waals surface area contributed by atoms with E-state index in [9.17, 15) is 9.59 Å². The summed E-state index contributed by atoms with van der Waals surface area (Å²) in [6.45, 7) is 4.04. The highest BCUT2D eigenvalue weighted by atomic mass is 16.2. The minimum absolute atomic E-state index is 0.0931. The second-order valence-corrected chi connectivity index (χ2v) is 4.11. The van der Waals surface area contributed by atoms with Gasteiger partial charge in [0, 0.05) is 12.7 Å². The Bertz CT molecular complexity index is 459. The first-order valence-electron chi connectivity index (χ1n) is 5.86. The highest BCUT2D eigenvalue weighted by Gasteiger charge is 2.30. The van der Waals surface area contributed by atoms with Gasteiger partial charge in [0.2, 0.25) is 11.8 Å². The van der Waals surface area contributed by atoms with Gasteiger partial charge in [0.25, 0.3) is 0 Å². The summed E-state index contributed by atoms with van der Waals surface area (Å²) in [4.78, 5) is 29.1. The van der Waals surface area contributed by atoms with E-state index >= 15 is 0 Å². The van der Waals surface area contributed by atoms with Crippen LogP contribution in [0.3, 0.4) is 0 Å². The van der Waals surface area contributed by atoms with Crippen molar-refractivity contribution >= 4 is 17.5 Å². The van der Waals surface area contributed by atoms with E-state index in [0.717, 1.165) is 12.1 Å². The van der Waals surface area contributed by atoms with Crippen molar-refractivity contribution in [2.45, 2.75) is 18.9 Å². The van der Waals surface area contributed by atoms with Gasteiger partial charge < -0.3 is 10.2 Å². The van der Waals surface area contributed by atoms with Gasteiger partial charge in [-0.05, 0) is 31.1 Å². The van der Waals surface area contributed by atoms with Crippen LogP contribution in [-0.4, -0.2) is 29.4 Å². The minimum atomic E-state index is -0.468. The van der Waals surface area contributed by atoms with Crippen molar-refractivity contribution in [2.75, 3.05) is 11.4 Å². The Labute approximate surface area is 106 Å². The number of anilines is 1. The number of aromatic nitrogens is 1. The molecule has 5 heteroatoms. The zero-order valence-electron chi connectivity index (χ0n) is 10.0. The van der Waals surface area contributed by atoms with Gasteiger partial charge in [-0.15, -0.1) is 0 Å². The van der Waals surface area contributed by atoms with Crippen LogP contribution in [0.25, 0.3) is 0 Å². The molecule has 0 aliphatic carbocycles. The summed E-state index contributed by atoms with van der Waals surface area (Å²) in [5, 5.41) is 2.65. The van der Waals surface area contributed by atoms with Crippen molar-refractivity contribution in [1.29, 1.82) is 0 Å². The van der Waals surface area contributed by atoms with Gasteiger partial charge in [-0.2, -0.15) is 0 Å². The zero-order valence-corrected chi connectivity index (χ0v) is 10.0. The fourth-order valence-corrected chi connectivity index (χ4v) is 2.01. The van der Waals surface area contributed by atoms with Crippen molar-refractivity contribution in [2.24, 2.45) is 0 Å². The molecule has 1 N–H and O–H groups in total. The second-order valence-electron chi connectivity index (χ2n) is 4.11. The molecule has 5 nitrogen and oxygen atoms in total. The molecule has 1 aliphatic rings. The summed E-state index contributed by atoms with van der Waals surface area (Å²) in [5.74, 6) is -0.411. The Morgan fingerprint density at radius 1 is 1.61 bits per heavy atom. The van der Waals surface area contributed by atoms with Gasteiger partial charge in [0.1, 0.15) is 6.04 Å². The van der Waals surface area contributed by atoms with Crippen LogP contribution in [0.5, 0.6) is 0 Å². The van der Waals surface area contributed by atoms with Crippen molar-refractivity contribution in [1.82, 2.24) is 10.3 Å². The number of piperidine rings is 1. The number of carbonyl (C=O) groups is 2. The van der Waals surface area contributed by atoms with Crippen LogP contribution < -0.4 is 10.2 Å². The predicted molar refractivity (Wildman–Crippen MR) is 68.0 cm³/mol. The molecule has 0 bridgehead atoms. The first-order chi connectivity index (χ1) is 8.72. The Morgan fingerprint density at radius 3 is 3.11 bits per heavy atom. The first-order valence-corrected chi connectivity index (χ1v) is 5.86. The Hall–Kier alpha value is -2.17. The number of nitrogens with one attached hydrogen (secondary N) is 1. The van der Waals surface area contributed by atoms with Crippen LogP contribution in [0.15, 0.2) is 37.2 Å². The van der Waals surface area contributed by atoms with E-state index in [2.05, 4.69) is 16.9 Å². The number of hydrogen-bond donors (Lipinski definition) is 1. The van der Waals surface area contributed by atoms with E-state index < -0.39 is 6.04 Å². The van der Waals surface area contributed by atoms with Crippen LogP contribution in [-0.2, 0) is 9.59 Å². The molecular formula is C13H15N3O2.